The van der Waals surface area contributed by atoms with E-state index in [1.54, 1.807) is 0 Å². The molecule has 0 N–H and O–H groups in total. The summed E-state index contributed by atoms with van der Waals surface area (Å²) in [5.41, 5.74) is 3.16. The molecule has 1 unspecified atom stereocenters. The molecule has 1 atom stereocenters. The van der Waals surface area contributed by atoms with Crippen molar-refractivity contribution in [1.82, 2.24) is 24.3 Å². The van der Waals surface area contributed by atoms with Crippen molar-refractivity contribution in [3.8, 4) is 5.69 Å². The summed E-state index contributed by atoms with van der Waals surface area (Å²) in [5, 5.41) is 0. The van der Waals surface area contributed by atoms with E-state index in [-0.39, 0.29) is 5.91 Å². The first-order valence-corrected chi connectivity index (χ1v) is 11.9. The number of aryl methyl sites for hydroxylation is 1. The molecule has 2 saturated heterocycles. The molecule has 1 aromatic heterocycles. The van der Waals surface area contributed by atoms with Crippen molar-refractivity contribution in [2.45, 2.75) is 31.7 Å². The average Bonchev–Trinajstić information content (AvgIpc) is 3.21. The smallest absolute Gasteiger partial charge is 0.223 e. The maximum Gasteiger partial charge on any atom is 0.223 e. The number of aromatic nitrogens is 2. The number of nitrogens with zero attached hydrogens (tertiary/aromatic N) is 5. The second-order valence-corrected chi connectivity index (χ2v) is 9.16. The zero-order chi connectivity index (χ0) is 21.9. The lowest BCUT2D eigenvalue weighted by Gasteiger charge is -2.42. The molecule has 0 bridgehead atoms. The fourth-order valence-electron chi connectivity index (χ4n) is 5.26. The zero-order valence-corrected chi connectivity index (χ0v) is 19.0. The summed E-state index contributed by atoms with van der Waals surface area (Å²) in [6.07, 6.45) is 3.72. The highest BCUT2D eigenvalue weighted by Gasteiger charge is 2.28. The molecular formula is C26H33N5O. The van der Waals surface area contributed by atoms with Crippen LogP contribution in [0.15, 0.2) is 54.6 Å². The number of piperidine rings is 1. The number of para-hydroxylation sites is 3. The zero-order valence-electron chi connectivity index (χ0n) is 19.0. The van der Waals surface area contributed by atoms with Crippen molar-refractivity contribution >= 4 is 16.9 Å². The van der Waals surface area contributed by atoms with Crippen LogP contribution in [0.1, 0.15) is 25.1 Å². The fourth-order valence-corrected chi connectivity index (χ4v) is 5.26. The van der Waals surface area contributed by atoms with Gasteiger partial charge in [-0.05, 0) is 50.7 Å². The summed E-state index contributed by atoms with van der Waals surface area (Å²) < 4.78 is 2.19. The number of fused-ring (bicyclic) bond motifs is 1. The normalized spacial score (nSPS) is 20.7. The van der Waals surface area contributed by atoms with Crippen molar-refractivity contribution in [1.29, 1.82) is 0 Å². The van der Waals surface area contributed by atoms with Crippen LogP contribution in [0, 0.1) is 0 Å². The first-order valence-electron chi connectivity index (χ1n) is 11.9. The molecule has 168 valence electrons. The van der Waals surface area contributed by atoms with E-state index in [0.29, 0.717) is 18.9 Å². The summed E-state index contributed by atoms with van der Waals surface area (Å²) in [4.78, 5) is 25.0. The Kier molecular flexibility index (Phi) is 6.23. The summed E-state index contributed by atoms with van der Waals surface area (Å²) in [6, 6.07) is 19.2. The van der Waals surface area contributed by atoms with E-state index in [9.17, 15) is 4.79 Å². The largest absolute Gasteiger partial charge is 0.340 e. The van der Waals surface area contributed by atoms with Crippen molar-refractivity contribution in [3.63, 3.8) is 0 Å². The van der Waals surface area contributed by atoms with Crippen molar-refractivity contribution in [2.24, 2.45) is 0 Å². The van der Waals surface area contributed by atoms with Gasteiger partial charge < -0.3 is 9.80 Å². The van der Waals surface area contributed by atoms with Gasteiger partial charge in [0.2, 0.25) is 5.91 Å². The van der Waals surface area contributed by atoms with Gasteiger partial charge in [-0.1, -0.05) is 30.3 Å². The van der Waals surface area contributed by atoms with Gasteiger partial charge in [-0.25, -0.2) is 4.98 Å². The van der Waals surface area contributed by atoms with Crippen LogP contribution in [0.4, 0.5) is 0 Å². The van der Waals surface area contributed by atoms with Crippen molar-refractivity contribution < 1.29 is 4.79 Å². The maximum atomic E-state index is 13.0. The van der Waals surface area contributed by atoms with Crippen LogP contribution in [0.2, 0.25) is 0 Å². The lowest BCUT2D eigenvalue weighted by atomic mass is 10.0. The summed E-state index contributed by atoms with van der Waals surface area (Å²) >= 11 is 0. The minimum atomic E-state index is 0.247. The van der Waals surface area contributed by atoms with Crippen LogP contribution >= 0.6 is 0 Å². The molecule has 0 spiro atoms. The molecule has 6 heteroatoms. The number of hydrogen-bond acceptors (Lipinski definition) is 4. The maximum absolute atomic E-state index is 13.0. The Labute approximate surface area is 190 Å². The molecule has 2 fully saturated rings. The van der Waals surface area contributed by atoms with Crippen molar-refractivity contribution in [3.05, 3.63) is 60.4 Å². The lowest BCUT2D eigenvalue weighted by molar-refractivity contribution is -0.133. The molecule has 0 saturated carbocycles. The van der Waals surface area contributed by atoms with Gasteiger partial charge in [-0.3, -0.25) is 14.3 Å². The van der Waals surface area contributed by atoms with E-state index in [1.165, 1.54) is 19.4 Å². The first-order chi connectivity index (χ1) is 15.7. The van der Waals surface area contributed by atoms with Gasteiger partial charge in [0.25, 0.3) is 0 Å². The predicted molar refractivity (Wildman–Crippen MR) is 128 cm³/mol. The molecular weight excluding hydrogens is 398 g/mol. The third kappa shape index (κ3) is 4.43. The number of hydrogen-bond donors (Lipinski definition) is 0. The highest BCUT2D eigenvalue weighted by Crippen LogP contribution is 2.23. The molecule has 0 aliphatic carbocycles. The van der Waals surface area contributed by atoms with E-state index in [0.717, 1.165) is 55.3 Å². The number of benzene rings is 2. The number of likely N-dealkylation sites (N-methyl/N-ethyl adjacent to an activating group) is 1. The van der Waals surface area contributed by atoms with Gasteiger partial charge >= 0.3 is 0 Å². The van der Waals surface area contributed by atoms with Crippen LogP contribution in [-0.2, 0) is 11.2 Å². The summed E-state index contributed by atoms with van der Waals surface area (Å²) in [5.74, 6) is 1.20. The number of likely N-dealkylation sites (tertiary alicyclic amines) is 1. The SMILES string of the molecule is CN1CCCC(N2CCN(C(=O)CCc3nc4ccccc4n3-c3ccccc3)CC2)C1. The monoisotopic (exact) mass is 431 g/mol. The number of carbonyl (C=O) groups is 1. The Morgan fingerprint density at radius 2 is 1.72 bits per heavy atom. The van der Waals surface area contributed by atoms with E-state index in [4.69, 9.17) is 4.98 Å². The molecule has 1 amide bonds. The van der Waals surface area contributed by atoms with E-state index < -0.39 is 0 Å². The Hall–Kier alpha value is -2.70. The molecule has 3 aromatic rings. The van der Waals surface area contributed by atoms with Crippen LogP contribution < -0.4 is 0 Å². The molecule has 5 rings (SSSR count). The van der Waals surface area contributed by atoms with Crippen LogP contribution in [0.5, 0.6) is 0 Å². The van der Waals surface area contributed by atoms with Crippen LogP contribution in [0.3, 0.4) is 0 Å². The number of amides is 1. The molecule has 6 nitrogen and oxygen atoms in total. The molecule has 2 aliphatic heterocycles. The minimum Gasteiger partial charge on any atom is -0.340 e. The Balaban J connectivity index is 1.23. The molecule has 0 radical (unpaired) electrons. The molecule has 32 heavy (non-hydrogen) atoms. The van der Waals surface area contributed by atoms with Crippen molar-refractivity contribution in [2.75, 3.05) is 46.3 Å². The van der Waals surface area contributed by atoms with E-state index in [2.05, 4.69) is 44.5 Å². The van der Waals surface area contributed by atoms with Gasteiger partial charge in [0, 0.05) is 57.3 Å². The van der Waals surface area contributed by atoms with E-state index >= 15 is 0 Å². The van der Waals surface area contributed by atoms with Gasteiger partial charge in [-0.2, -0.15) is 0 Å². The molecule has 3 heterocycles. The molecule has 2 aromatic carbocycles. The number of rotatable bonds is 5. The number of carbonyl (C=O) groups excluding carboxylic acids is 1. The second kappa shape index (κ2) is 9.43. The van der Waals surface area contributed by atoms with E-state index in [1.807, 2.05) is 36.4 Å². The van der Waals surface area contributed by atoms with Gasteiger partial charge in [0.15, 0.2) is 0 Å². The second-order valence-electron chi connectivity index (χ2n) is 9.16. The highest BCUT2D eigenvalue weighted by molar-refractivity contribution is 5.79. The quantitative estimate of drug-likeness (QED) is 0.622. The van der Waals surface area contributed by atoms with Gasteiger partial charge in [0.1, 0.15) is 5.82 Å². The fraction of sp³-hybridized carbons (Fsp3) is 0.462. The number of piperazine rings is 1. The van der Waals surface area contributed by atoms with Crippen LogP contribution in [-0.4, -0.2) is 82.5 Å². The average molecular weight is 432 g/mol. The minimum absolute atomic E-state index is 0.247. The Morgan fingerprint density at radius 1 is 0.969 bits per heavy atom. The lowest BCUT2D eigenvalue weighted by Crippen LogP contribution is -2.55. The van der Waals surface area contributed by atoms with Crippen LogP contribution in [0.25, 0.3) is 16.7 Å². The summed E-state index contributed by atoms with van der Waals surface area (Å²) in [6.45, 7) is 6.04. The predicted octanol–water partition coefficient (Wildman–Crippen LogP) is 3.20. The van der Waals surface area contributed by atoms with Gasteiger partial charge in [-0.15, -0.1) is 0 Å². The number of imidazole rings is 1. The standard InChI is InChI=1S/C26H33N5O/c1-28-15-7-10-22(20-28)29-16-18-30(19-17-29)26(32)14-13-25-27-23-11-5-6-12-24(23)31(25)21-8-3-2-4-9-21/h2-6,8-9,11-12,22H,7,10,13-20H2,1H3. The third-order valence-electron chi connectivity index (χ3n) is 6.99. The van der Waals surface area contributed by atoms with Gasteiger partial charge in [0.05, 0.1) is 11.0 Å². The first kappa shape index (κ1) is 21.2. The Morgan fingerprint density at radius 3 is 2.50 bits per heavy atom. The molecule has 2 aliphatic rings. The Bertz CT molecular complexity index is 1050. The topological polar surface area (TPSA) is 44.6 Å². The summed E-state index contributed by atoms with van der Waals surface area (Å²) in [7, 11) is 2.22. The highest BCUT2D eigenvalue weighted by atomic mass is 16.2. The third-order valence-corrected chi connectivity index (χ3v) is 6.99.